The number of rotatable bonds is 2. The number of anilines is 1. The fourth-order valence-corrected chi connectivity index (χ4v) is 3.22. The number of aromatic nitrogens is 2. The Kier molecular flexibility index (Phi) is 3.49. The summed E-state index contributed by atoms with van der Waals surface area (Å²) in [5.74, 6) is -0.0200. The molecule has 1 fully saturated rings. The van der Waals surface area contributed by atoms with Crippen molar-refractivity contribution in [2.45, 2.75) is 45.2 Å². The van der Waals surface area contributed by atoms with Crippen molar-refractivity contribution in [3.63, 3.8) is 0 Å². The minimum atomic E-state index is -0.934. The van der Waals surface area contributed by atoms with Gasteiger partial charge >= 0.3 is 5.97 Å². The van der Waals surface area contributed by atoms with Crippen LogP contribution >= 0.6 is 0 Å². The van der Waals surface area contributed by atoms with Crippen molar-refractivity contribution < 1.29 is 9.90 Å². The second-order valence-corrected chi connectivity index (χ2v) is 5.77. The van der Waals surface area contributed by atoms with Crippen molar-refractivity contribution in [2.24, 2.45) is 0 Å². The van der Waals surface area contributed by atoms with E-state index in [4.69, 9.17) is 5.11 Å². The zero-order valence-corrected chi connectivity index (χ0v) is 12.3. The standard InChI is InChI=1S/C16H19N3O2/c1-10-4-3-5-11(2)19(10)15-13-7-6-12(16(20)21)8-14(13)17-9-18-15/h6-11H,3-5H2,1-2H3,(H,20,21). The maximum atomic E-state index is 11.1. The van der Waals surface area contributed by atoms with Crippen molar-refractivity contribution in [3.05, 3.63) is 30.1 Å². The van der Waals surface area contributed by atoms with Gasteiger partial charge in [0.1, 0.15) is 12.1 Å². The first kappa shape index (κ1) is 13.8. The Morgan fingerprint density at radius 1 is 1.24 bits per heavy atom. The molecule has 2 unspecified atom stereocenters. The average molecular weight is 285 g/mol. The molecule has 2 heterocycles. The van der Waals surface area contributed by atoms with Gasteiger partial charge < -0.3 is 10.0 Å². The molecule has 2 atom stereocenters. The molecule has 0 bridgehead atoms. The summed E-state index contributed by atoms with van der Waals surface area (Å²) < 4.78 is 0. The van der Waals surface area contributed by atoms with Crippen LogP contribution in [0.15, 0.2) is 24.5 Å². The van der Waals surface area contributed by atoms with Crippen molar-refractivity contribution >= 4 is 22.7 Å². The van der Waals surface area contributed by atoms with Crippen LogP contribution in [0.3, 0.4) is 0 Å². The first-order chi connectivity index (χ1) is 10.1. The largest absolute Gasteiger partial charge is 0.478 e. The predicted molar refractivity (Wildman–Crippen MR) is 81.8 cm³/mol. The molecular formula is C16H19N3O2. The Morgan fingerprint density at radius 2 is 1.95 bits per heavy atom. The highest BCUT2D eigenvalue weighted by Crippen LogP contribution is 2.32. The minimum absolute atomic E-state index is 0.256. The summed E-state index contributed by atoms with van der Waals surface area (Å²) in [6, 6.07) is 5.93. The Balaban J connectivity index is 2.12. The highest BCUT2D eigenvalue weighted by atomic mass is 16.4. The number of carbonyl (C=O) groups is 1. The lowest BCUT2D eigenvalue weighted by molar-refractivity contribution is 0.0697. The first-order valence-corrected chi connectivity index (χ1v) is 7.34. The second kappa shape index (κ2) is 5.31. The van der Waals surface area contributed by atoms with Gasteiger partial charge in [-0.3, -0.25) is 0 Å². The van der Waals surface area contributed by atoms with Crippen molar-refractivity contribution in [1.82, 2.24) is 9.97 Å². The average Bonchev–Trinajstić information content (AvgIpc) is 2.46. The summed E-state index contributed by atoms with van der Waals surface area (Å²) >= 11 is 0. The third-order valence-corrected chi connectivity index (χ3v) is 4.30. The lowest BCUT2D eigenvalue weighted by Gasteiger charge is -2.40. The van der Waals surface area contributed by atoms with E-state index in [-0.39, 0.29) is 5.56 Å². The van der Waals surface area contributed by atoms with Crippen LogP contribution in [-0.4, -0.2) is 33.1 Å². The van der Waals surface area contributed by atoms with Crippen molar-refractivity contribution in [2.75, 3.05) is 4.90 Å². The summed E-state index contributed by atoms with van der Waals surface area (Å²) in [5, 5.41) is 10.0. The SMILES string of the molecule is CC1CCCC(C)N1c1ncnc2cc(C(=O)O)ccc12. The monoisotopic (exact) mass is 285 g/mol. The summed E-state index contributed by atoms with van der Waals surface area (Å²) in [5.41, 5.74) is 0.941. The molecule has 5 heteroatoms. The number of hydrogen-bond donors (Lipinski definition) is 1. The molecule has 0 radical (unpaired) electrons. The van der Waals surface area contributed by atoms with Crippen molar-refractivity contribution in [3.8, 4) is 0 Å². The van der Waals surface area contributed by atoms with Gasteiger partial charge in [-0.15, -0.1) is 0 Å². The quantitative estimate of drug-likeness (QED) is 0.918. The van der Waals surface area contributed by atoms with Gasteiger partial charge in [0.15, 0.2) is 0 Å². The van der Waals surface area contributed by atoms with Crippen LogP contribution in [0, 0.1) is 0 Å². The molecule has 1 aromatic carbocycles. The molecule has 1 aliphatic heterocycles. The van der Waals surface area contributed by atoms with E-state index in [1.165, 1.54) is 12.7 Å². The molecule has 1 saturated heterocycles. The van der Waals surface area contributed by atoms with Gasteiger partial charge in [0.05, 0.1) is 11.1 Å². The van der Waals surface area contributed by atoms with E-state index < -0.39 is 5.97 Å². The molecular weight excluding hydrogens is 266 g/mol. The van der Waals surface area contributed by atoms with E-state index in [0.29, 0.717) is 17.6 Å². The number of piperidine rings is 1. The van der Waals surface area contributed by atoms with Crippen LogP contribution in [0.2, 0.25) is 0 Å². The van der Waals surface area contributed by atoms with E-state index in [1.807, 2.05) is 6.07 Å². The molecule has 1 aliphatic rings. The highest BCUT2D eigenvalue weighted by molar-refractivity contribution is 5.96. The smallest absolute Gasteiger partial charge is 0.335 e. The molecule has 1 N–H and O–H groups in total. The van der Waals surface area contributed by atoms with Crippen LogP contribution in [0.5, 0.6) is 0 Å². The normalized spacial score (nSPS) is 22.5. The van der Waals surface area contributed by atoms with Crippen LogP contribution in [0.4, 0.5) is 5.82 Å². The summed E-state index contributed by atoms with van der Waals surface area (Å²) in [6.45, 7) is 4.43. The van der Waals surface area contributed by atoms with Gasteiger partial charge in [0.25, 0.3) is 0 Å². The van der Waals surface area contributed by atoms with E-state index in [9.17, 15) is 4.79 Å². The van der Waals surface area contributed by atoms with Crippen LogP contribution in [0.25, 0.3) is 10.9 Å². The maximum Gasteiger partial charge on any atom is 0.335 e. The van der Waals surface area contributed by atoms with Gasteiger partial charge in [-0.2, -0.15) is 0 Å². The second-order valence-electron chi connectivity index (χ2n) is 5.77. The molecule has 5 nitrogen and oxygen atoms in total. The topological polar surface area (TPSA) is 66.3 Å². The zero-order chi connectivity index (χ0) is 15.0. The Hall–Kier alpha value is -2.17. The van der Waals surface area contributed by atoms with Gasteiger partial charge in [-0.25, -0.2) is 14.8 Å². The van der Waals surface area contributed by atoms with E-state index >= 15 is 0 Å². The molecule has 0 amide bonds. The zero-order valence-electron chi connectivity index (χ0n) is 12.3. The van der Waals surface area contributed by atoms with Gasteiger partial charge in [-0.05, 0) is 51.3 Å². The molecule has 0 saturated carbocycles. The number of aromatic carboxylic acids is 1. The number of hydrogen-bond acceptors (Lipinski definition) is 4. The fourth-order valence-electron chi connectivity index (χ4n) is 3.22. The highest BCUT2D eigenvalue weighted by Gasteiger charge is 2.27. The summed E-state index contributed by atoms with van der Waals surface area (Å²) in [7, 11) is 0. The van der Waals surface area contributed by atoms with E-state index in [1.54, 1.807) is 12.1 Å². The minimum Gasteiger partial charge on any atom is -0.478 e. The molecule has 2 aromatic rings. The molecule has 3 rings (SSSR count). The Bertz CT molecular complexity index is 676. The number of carboxylic acids is 1. The van der Waals surface area contributed by atoms with E-state index in [0.717, 1.165) is 24.0 Å². The first-order valence-electron chi connectivity index (χ1n) is 7.34. The van der Waals surface area contributed by atoms with Gasteiger partial charge in [0.2, 0.25) is 0 Å². The van der Waals surface area contributed by atoms with Crippen LogP contribution < -0.4 is 4.90 Å². The van der Waals surface area contributed by atoms with Crippen LogP contribution in [-0.2, 0) is 0 Å². The maximum absolute atomic E-state index is 11.1. The number of carboxylic acid groups (broad SMARTS) is 1. The Labute approximate surface area is 123 Å². The fraction of sp³-hybridized carbons (Fsp3) is 0.438. The number of benzene rings is 1. The Morgan fingerprint density at radius 3 is 2.62 bits per heavy atom. The molecule has 21 heavy (non-hydrogen) atoms. The lowest BCUT2D eigenvalue weighted by Crippen LogP contribution is -2.44. The molecule has 0 aliphatic carbocycles. The summed E-state index contributed by atoms with van der Waals surface area (Å²) in [4.78, 5) is 22.1. The van der Waals surface area contributed by atoms with E-state index in [2.05, 4.69) is 28.7 Å². The predicted octanol–water partition coefficient (Wildman–Crippen LogP) is 3.10. The summed E-state index contributed by atoms with van der Waals surface area (Å²) in [6.07, 6.45) is 5.08. The molecule has 0 spiro atoms. The van der Waals surface area contributed by atoms with Gasteiger partial charge in [0, 0.05) is 17.5 Å². The van der Waals surface area contributed by atoms with Gasteiger partial charge in [-0.1, -0.05) is 0 Å². The molecule has 1 aromatic heterocycles. The molecule has 110 valence electrons. The number of nitrogens with zero attached hydrogens (tertiary/aromatic N) is 3. The lowest BCUT2D eigenvalue weighted by atomic mass is 9.97. The number of fused-ring (bicyclic) bond motifs is 1. The third kappa shape index (κ3) is 2.44. The third-order valence-electron chi connectivity index (χ3n) is 4.30. The van der Waals surface area contributed by atoms with Crippen LogP contribution in [0.1, 0.15) is 43.5 Å². The van der Waals surface area contributed by atoms with Crippen molar-refractivity contribution in [1.29, 1.82) is 0 Å².